The number of hydrogen-bond acceptors (Lipinski definition) is 4. The lowest BCUT2D eigenvalue weighted by Crippen LogP contribution is -2.56. The van der Waals surface area contributed by atoms with Crippen molar-refractivity contribution in [3.63, 3.8) is 0 Å². The molecule has 0 aliphatic carbocycles. The van der Waals surface area contributed by atoms with Crippen molar-refractivity contribution in [1.29, 1.82) is 0 Å². The van der Waals surface area contributed by atoms with Crippen LogP contribution in [-0.2, 0) is 29.7 Å². The number of halogens is 2. The minimum Gasteiger partial charge on any atom is -0.353 e. The van der Waals surface area contributed by atoms with Crippen molar-refractivity contribution in [3.8, 4) is 0 Å². The van der Waals surface area contributed by atoms with Crippen LogP contribution < -0.4 is 5.32 Å². The Hall–Kier alpha value is -2.45. The third kappa shape index (κ3) is 5.37. The Morgan fingerprint density at radius 2 is 2.17 bits per heavy atom. The molecule has 0 radical (unpaired) electrons. The zero-order chi connectivity index (χ0) is 21.8. The number of nitrogens with one attached hydrogen (secondary N) is 1. The molecule has 1 N–H and O–H groups in total. The van der Waals surface area contributed by atoms with Crippen LogP contribution >= 0.6 is 11.6 Å². The summed E-state index contributed by atoms with van der Waals surface area (Å²) in [6.45, 7) is 5.76. The average molecular weight is 436 g/mol. The predicted molar refractivity (Wildman–Crippen MR) is 112 cm³/mol. The third-order valence-electron chi connectivity index (χ3n) is 5.23. The molecule has 1 aromatic heterocycles. The maximum atomic E-state index is 13.8. The number of carbonyl (C=O) groups excluding carboxylic acids is 2. The monoisotopic (exact) mass is 435 g/mol. The van der Waals surface area contributed by atoms with Crippen molar-refractivity contribution < 1.29 is 14.0 Å². The van der Waals surface area contributed by atoms with Crippen LogP contribution in [0.4, 0.5) is 4.39 Å². The molecule has 162 valence electrons. The Bertz CT molecular complexity index is 917. The Balaban J connectivity index is 1.73. The summed E-state index contributed by atoms with van der Waals surface area (Å²) in [6, 6.07) is 3.98. The fourth-order valence-electron chi connectivity index (χ4n) is 3.64. The SMILES string of the molecule is CC(C)N(Cc1cnn(C)c1)C(=O)CC1C(=O)NCCN1Cc1ccc(Cl)c(F)c1. The second-order valence-electron chi connectivity index (χ2n) is 7.87. The summed E-state index contributed by atoms with van der Waals surface area (Å²) in [5, 5.41) is 7.05. The summed E-state index contributed by atoms with van der Waals surface area (Å²) >= 11 is 5.77. The van der Waals surface area contributed by atoms with Crippen LogP contribution in [0.5, 0.6) is 0 Å². The molecule has 3 rings (SSSR count). The largest absolute Gasteiger partial charge is 0.353 e. The van der Waals surface area contributed by atoms with Crippen LogP contribution in [0.1, 0.15) is 31.4 Å². The highest BCUT2D eigenvalue weighted by atomic mass is 35.5. The standard InChI is InChI=1S/C21H27ClFN5O2/c1-14(2)28(13-16-10-25-26(3)11-16)20(29)9-19-21(30)24-6-7-27(19)12-15-4-5-17(22)18(23)8-15/h4-5,8,10-11,14,19H,6-7,9,12-13H2,1-3H3,(H,24,30). The van der Waals surface area contributed by atoms with Crippen LogP contribution in [0.25, 0.3) is 0 Å². The quantitative estimate of drug-likeness (QED) is 0.724. The number of carbonyl (C=O) groups is 2. The van der Waals surface area contributed by atoms with E-state index >= 15 is 0 Å². The summed E-state index contributed by atoms with van der Waals surface area (Å²) < 4.78 is 15.5. The van der Waals surface area contributed by atoms with E-state index in [0.29, 0.717) is 31.7 Å². The van der Waals surface area contributed by atoms with Crippen molar-refractivity contribution >= 4 is 23.4 Å². The Kier molecular flexibility index (Phi) is 7.10. The fraction of sp³-hybridized carbons (Fsp3) is 0.476. The molecule has 1 unspecified atom stereocenters. The highest BCUT2D eigenvalue weighted by Gasteiger charge is 2.33. The molecule has 7 nitrogen and oxygen atoms in total. The number of piperazine rings is 1. The van der Waals surface area contributed by atoms with E-state index in [0.717, 1.165) is 5.56 Å². The van der Waals surface area contributed by atoms with E-state index in [-0.39, 0.29) is 29.3 Å². The van der Waals surface area contributed by atoms with Gasteiger partial charge in [-0.2, -0.15) is 5.10 Å². The second-order valence-corrected chi connectivity index (χ2v) is 8.27. The zero-order valence-corrected chi connectivity index (χ0v) is 18.2. The number of rotatable bonds is 7. The lowest BCUT2D eigenvalue weighted by atomic mass is 10.1. The minimum atomic E-state index is -0.611. The van der Waals surface area contributed by atoms with Gasteiger partial charge < -0.3 is 10.2 Å². The Labute approximate surface area is 180 Å². The topological polar surface area (TPSA) is 70.5 Å². The van der Waals surface area contributed by atoms with Gasteiger partial charge in [0.25, 0.3) is 0 Å². The first kappa shape index (κ1) is 22.2. The number of nitrogens with zero attached hydrogens (tertiary/aromatic N) is 4. The van der Waals surface area contributed by atoms with Crippen molar-refractivity contribution in [3.05, 3.63) is 52.6 Å². The number of benzene rings is 1. The van der Waals surface area contributed by atoms with E-state index in [1.165, 1.54) is 12.1 Å². The molecule has 0 spiro atoms. The first-order valence-corrected chi connectivity index (χ1v) is 10.3. The van der Waals surface area contributed by atoms with Crippen LogP contribution in [0.3, 0.4) is 0 Å². The first-order valence-electron chi connectivity index (χ1n) is 9.97. The Morgan fingerprint density at radius 3 is 2.80 bits per heavy atom. The van der Waals surface area contributed by atoms with Crippen LogP contribution in [0.15, 0.2) is 30.6 Å². The van der Waals surface area contributed by atoms with Crippen LogP contribution in [0, 0.1) is 5.82 Å². The van der Waals surface area contributed by atoms with E-state index in [1.54, 1.807) is 21.8 Å². The second kappa shape index (κ2) is 9.57. The molecule has 1 aromatic carbocycles. The van der Waals surface area contributed by atoms with Gasteiger partial charge in [-0.15, -0.1) is 0 Å². The van der Waals surface area contributed by atoms with Crippen LogP contribution in [-0.4, -0.2) is 56.6 Å². The van der Waals surface area contributed by atoms with E-state index in [1.807, 2.05) is 32.0 Å². The predicted octanol–water partition coefficient (Wildman–Crippen LogP) is 2.34. The van der Waals surface area contributed by atoms with E-state index < -0.39 is 11.9 Å². The van der Waals surface area contributed by atoms with Gasteiger partial charge in [0, 0.05) is 51.0 Å². The normalized spacial score (nSPS) is 17.3. The number of aromatic nitrogens is 2. The molecule has 2 amide bonds. The molecule has 1 aliphatic rings. The smallest absolute Gasteiger partial charge is 0.237 e. The van der Waals surface area contributed by atoms with Gasteiger partial charge in [0.2, 0.25) is 11.8 Å². The molecule has 1 fully saturated rings. The van der Waals surface area contributed by atoms with E-state index in [2.05, 4.69) is 10.4 Å². The summed E-state index contributed by atoms with van der Waals surface area (Å²) in [4.78, 5) is 29.4. The molecule has 0 saturated carbocycles. The molecule has 1 atom stereocenters. The minimum absolute atomic E-state index is 0.0248. The molecular weight excluding hydrogens is 409 g/mol. The van der Waals surface area contributed by atoms with Gasteiger partial charge in [-0.25, -0.2) is 4.39 Å². The van der Waals surface area contributed by atoms with Gasteiger partial charge in [-0.3, -0.25) is 19.2 Å². The number of amides is 2. The van der Waals surface area contributed by atoms with Crippen molar-refractivity contribution in [2.45, 2.75) is 45.4 Å². The third-order valence-corrected chi connectivity index (χ3v) is 5.54. The number of aryl methyl sites for hydroxylation is 1. The highest BCUT2D eigenvalue weighted by molar-refractivity contribution is 6.30. The van der Waals surface area contributed by atoms with Crippen LogP contribution in [0.2, 0.25) is 5.02 Å². The maximum absolute atomic E-state index is 13.8. The van der Waals surface area contributed by atoms with E-state index in [4.69, 9.17) is 11.6 Å². The lowest BCUT2D eigenvalue weighted by Gasteiger charge is -2.36. The van der Waals surface area contributed by atoms with Gasteiger partial charge in [-0.05, 0) is 31.5 Å². The molecule has 9 heteroatoms. The van der Waals surface area contributed by atoms with Gasteiger partial charge in [0.1, 0.15) is 5.82 Å². The average Bonchev–Trinajstić information content (AvgIpc) is 3.10. The van der Waals surface area contributed by atoms with Gasteiger partial charge in [-0.1, -0.05) is 17.7 Å². The van der Waals surface area contributed by atoms with Crippen molar-refractivity contribution in [2.24, 2.45) is 7.05 Å². The molecule has 2 heterocycles. The molecular formula is C21H27ClFN5O2. The molecule has 0 bridgehead atoms. The van der Waals surface area contributed by atoms with Crippen molar-refractivity contribution in [2.75, 3.05) is 13.1 Å². The molecule has 2 aromatic rings. The highest BCUT2D eigenvalue weighted by Crippen LogP contribution is 2.20. The first-order chi connectivity index (χ1) is 14.2. The number of hydrogen-bond donors (Lipinski definition) is 1. The Morgan fingerprint density at radius 1 is 1.40 bits per heavy atom. The van der Waals surface area contributed by atoms with E-state index in [9.17, 15) is 14.0 Å². The molecule has 1 aliphatic heterocycles. The molecule has 30 heavy (non-hydrogen) atoms. The summed E-state index contributed by atoms with van der Waals surface area (Å²) in [5.41, 5.74) is 1.64. The van der Waals surface area contributed by atoms with Gasteiger partial charge in [0.15, 0.2) is 0 Å². The fourth-order valence-corrected chi connectivity index (χ4v) is 3.75. The molecule has 1 saturated heterocycles. The zero-order valence-electron chi connectivity index (χ0n) is 17.4. The van der Waals surface area contributed by atoms with Gasteiger partial charge >= 0.3 is 0 Å². The lowest BCUT2D eigenvalue weighted by molar-refractivity contribution is -0.140. The van der Waals surface area contributed by atoms with Crippen molar-refractivity contribution in [1.82, 2.24) is 24.9 Å². The summed E-state index contributed by atoms with van der Waals surface area (Å²) in [7, 11) is 1.83. The maximum Gasteiger partial charge on any atom is 0.237 e. The summed E-state index contributed by atoms with van der Waals surface area (Å²) in [5.74, 6) is -0.789. The van der Waals surface area contributed by atoms with Gasteiger partial charge in [0.05, 0.1) is 23.7 Å². The summed E-state index contributed by atoms with van der Waals surface area (Å²) in [6.07, 6.45) is 3.66.